The molecule has 5 nitrogen and oxygen atoms in total. The van der Waals surface area contributed by atoms with E-state index in [1.165, 1.54) is 62.0 Å². The van der Waals surface area contributed by atoms with Crippen LogP contribution in [0.2, 0.25) is 0 Å². The topological polar surface area (TPSA) is 39.7 Å². The Morgan fingerprint density at radius 1 is 0.919 bits per heavy atom. The van der Waals surface area contributed by atoms with Crippen LogP contribution in [0.15, 0.2) is 48.5 Å². The number of hydrogen-bond donors (Lipinski definition) is 0. The molecule has 0 radical (unpaired) electrons. The van der Waals surface area contributed by atoms with E-state index in [9.17, 15) is 4.79 Å². The van der Waals surface area contributed by atoms with Crippen LogP contribution >= 0.6 is 11.3 Å². The van der Waals surface area contributed by atoms with Gasteiger partial charge in [-0.1, -0.05) is 49.2 Å². The Bertz CT molecular complexity index is 1230. The largest absolute Gasteiger partial charge is 0.368 e. The van der Waals surface area contributed by atoms with E-state index in [2.05, 4.69) is 40.1 Å². The molecule has 2 fully saturated rings. The third kappa shape index (κ3) is 5.46. The third-order valence-corrected chi connectivity index (χ3v) is 9.80. The van der Waals surface area contributed by atoms with Crippen molar-refractivity contribution in [1.29, 1.82) is 0 Å². The second-order valence-corrected chi connectivity index (χ2v) is 11.9. The van der Waals surface area contributed by atoms with Gasteiger partial charge in [-0.3, -0.25) is 9.69 Å². The van der Waals surface area contributed by atoms with Crippen molar-refractivity contribution >= 4 is 22.9 Å². The molecule has 0 bridgehead atoms. The number of piperazine rings is 1. The summed E-state index contributed by atoms with van der Waals surface area (Å²) in [4.78, 5) is 26.2. The average molecular weight is 515 g/mol. The van der Waals surface area contributed by atoms with Crippen molar-refractivity contribution in [2.45, 2.75) is 57.9 Å². The highest BCUT2D eigenvalue weighted by molar-refractivity contribution is 7.15. The lowest BCUT2D eigenvalue weighted by atomic mass is 10.0. The van der Waals surface area contributed by atoms with Crippen molar-refractivity contribution in [2.24, 2.45) is 0 Å². The molecule has 0 N–H and O–H groups in total. The molecule has 1 aliphatic carbocycles. The minimum Gasteiger partial charge on any atom is -0.368 e. The van der Waals surface area contributed by atoms with Gasteiger partial charge in [0.15, 0.2) is 0 Å². The first kappa shape index (κ1) is 24.6. The highest BCUT2D eigenvalue weighted by atomic mass is 32.1. The van der Waals surface area contributed by atoms with Crippen molar-refractivity contribution in [3.05, 3.63) is 70.2 Å². The molecule has 2 aliphatic heterocycles. The van der Waals surface area contributed by atoms with Gasteiger partial charge in [0.25, 0.3) is 0 Å². The van der Waals surface area contributed by atoms with Crippen LogP contribution in [0.4, 0.5) is 5.69 Å². The fourth-order valence-electron chi connectivity index (χ4n) is 6.32. The molecule has 3 heterocycles. The number of aryl methyl sites for hydroxylation is 1. The molecule has 6 rings (SSSR count). The first-order valence-corrected chi connectivity index (χ1v) is 14.9. The molecule has 1 aromatic heterocycles. The Kier molecular flexibility index (Phi) is 7.30. The van der Waals surface area contributed by atoms with Crippen molar-refractivity contribution < 1.29 is 4.79 Å². The van der Waals surface area contributed by atoms with Crippen LogP contribution in [0.25, 0.3) is 10.6 Å². The number of nitrogens with zero attached hydrogens (tertiary/aromatic N) is 4. The van der Waals surface area contributed by atoms with Crippen molar-refractivity contribution in [3.8, 4) is 10.6 Å². The predicted octanol–water partition coefficient (Wildman–Crippen LogP) is 5.35. The fraction of sp³-hybridized carbons (Fsp3) is 0.484. The zero-order valence-corrected chi connectivity index (χ0v) is 22.8. The molecule has 1 saturated carbocycles. The Labute approximate surface area is 225 Å². The van der Waals surface area contributed by atoms with Gasteiger partial charge in [-0.05, 0) is 55.9 Å². The van der Waals surface area contributed by atoms with Crippen LogP contribution in [-0.2, 0) is 24.1 Å². The summed E-state index contributed by atoms with van der Waals surface area (Å²) < 4.78 is 0. The van der Waals surface area contributed by atoms with Crippen molar-refractivity contribution in [3.63, 3.8) is 0 Å². The number of hydrogen-bond acceptors (Lipinski definition) is 5. The first-order chi connectivity index (χ1) is 18.1. The van der Waals surface area contributed by atoms with Gasteiger partial charge < -0.3 is 9.80 Å². The molecule has 3 aromatic rings. The molecule has 1 saturated heterocycles. The third-order valence-electron chi connectivity index (χ3n) is 8.59. The first-order valence-electron chi connectivity index (χ1n) is 14.0. The second-order valence-electron chi connectivity index (χ2n) is 10.9. The number of amides is 1. The van der Waals surface area contributed by atoms with Crippen molar-refractivity contribution in [2.75, 3.05) is 44.2 Å². The van der Waals surface area contributed by atoms with Gasteiger partial charge in [0, 0.05) is 61.4 Å². The van der Waals surface area contributed by atoms with Gasteiger partial charge in [-0.25, -0.2) is 4.98 Å². The lowest BCUT2D eigenvalue weighted by Crippen LogP contribution is -2.49. The van der Waals surface area contributed by atoms with Gasteiger partial charge in [-0.15, -0.1) is 11.3 Å². The molecule has 0 atom stereocenters. The number of rotatable bonds is 5. The molecule has 6 heteroatoms. The zero-order chi connectivity index (χ0) is 25.2. The Balaban J connectivity index is 1.05. The van der Waals surface area contributed by atoms with E-state index in [1.807, 2.05) is 30.0 Å². The molecule has 0 unspecified atom stereocenters. The number of aromatic nitrogens is 1. The maximum atomic E-state index is 13.2. The monoisotopic (exact) mass is 514 g/mol. The average Bonchev–Trinajstić information content (AvgIpc) is 3.55. The number of anilines is 1. The second kappa shape index (κ2) is 11.0. The lowest BCUT2D eigenvalue weighted by Gasteiger charge is -2.36. The molecule has 3 aliphatic rings. The van der Waals surface area contributed by atoms with Gasteiger partial charge in [0.2, 0.25) is 5.91 Å². The summed E-state index contributed by atoms with van der Waals surface area (Å²) in [5.41, 5.74) is 6.49. The number of carbonyl (C=O) groups excluding carboxylic acids is 1. The minimum absolute atomic E-state index is 0.222. The standard InChI is InChI=1S/C31H38N4OS/c1-23-29(37-31(32-23)25-7-3-2-4-8-25)22-30(36)35-19-17-34(18-20-35)28-12-11-24-13-15-33(16-14-26(24)21-28)27-9-5-6-10-27/h2-4,7-8,11-12,21,27H,5-6,9-10,13-20,22H2,1H3. The van der Waals surface area contributed by atoms with E-state index >= 15 is 0 Å². The maximum Gasteiger partial charge on any atom is 0.228 e. The molecule has 194 valence electrons. The van der Waals surface area contributed by atoms with Crippen LogP contribution in [0.3, 0.4) is 0 Å². The highest BCUT2D eigenvalue weighted by Gasteiger charge is 2.26. The van der Waals surface area contributed by atoms with E-state index in [4.69, 9.17) is 4.98 Å². The summed E-state index contributed by atoms with van der Waals surface area (Å²) in [6.07, 6.45) is 8.39. The Morgan fingerprint density at radius 2 is 1.65 bits per heavy atom. The SMILES string of the molecule is Cc1nc(-c2ccccc2)sc1CC(=O)N1CCN(c2ccc3c(c2)CCN(C2CCCC2)CC3)CC1. The highest BCUT2D eigenvalue weighted by Crippen LogP contribution is 2.30. The van der Waals surface area contributed by atoms with E-state index < -0.39 is 0 Å². The smallest absolute Gasteiger partial charge is 0.228 e. The maximum absolute atomic E-state index is 13.2. The van der Waals surface area contributed by atoms with E-state index in [1.54, 1.807) is 11.3 Å². The van der Waals surface area contributed by atoms with Crippen molar-refractivity contribution in [1.82, 2.24) is 14.8 Å². The van der Waals surface area contributed by atoms with Crippen LogP contribution in [-0.4, -0.2) is 66.0 Å². The number of benzene rings is 2. The van der Waals surface area contributed by atoms with Gasteiger partial charge in [0.05, 0.1) is 12.1 Å². The van der Waals surface area contributed by atoms with Crippen LogP contribution in [0.1, 0.15) is 47.4 Å². The summed E-state index contributed by atoms with van der Waals surface area (Å²) in [7, 11) is 0. The molecule has 0 spiro atoms. The van der Waals surface area contributed by atoms with E-state index in [0.29, 0.717) is 6.42 Å². The van der Waals surface area contributed by atoms with Gasteiger partial charge in [-0.2, -0.15) is 0 Å². The number of carbonyl (C=O) groups is 1. The summed E-state index contributed by atoms with van der Waals surface area (Å²) in [5.74, 6) is 0.222. The zero-order valence-electron chi connectivity index (χ0n) is 22.0. The molecule has 1 amide bonds. The van der Waals surface area contributed by atoms with Gasteiger partial charge in [0.1, 0.15) is 5.01 Å². The van der Waals surface area contributed by atoms with E-state index in [0.717, 1.165) is 59.8 Å². The quantitative estimate of drug-likeness (QED) is 0.460. The van der Waals surface area contributed by atoms with Crippen LogP contribution in [0, 0.1) is 6.92 Å². The molecular weight excluding hydrogens is 476 g/mol. The fourth-order valence-corrected chi connectivity index (χ4v) is 7.38. The molecule has 37 heavy (non-hydrogen) atoms. The van der Waals surface area contributed by atoms with E-state index in [-0.39, 0.29) is 5.91 Å². The molecule has 2 aromatic carbocycles. The lowest BCUT2D eigenvalue weighted by molar-refractivity contribution is -0.130. The van der Waals surface area contributed by atoms with Gasteiger partial charge >= 0.3 is 0 Å². The molecular formula is C31H38N4OS. The Morgan fingerprint density at radius 3 is 2.41 bits per heavy atom. The van der Waals surface area contributed by atoms with Crippen LogP contribution in [0.5, 0.6) is 0 Å². The Hall–Kier alpha value is -2.70. The minimum atomic E-state index is 0.222. The summed E-state index contributed by atoms with van der Waals surface area (Å²) >= 11 is 1.65. The summed E-state index contributed by atoms with van der Waals surface area (Å²) in [6, 6.07) is 18.2. The summed E-state index contributed by atoms with van der Waals surface area (Å²) in [5, 5.41) is 1.00. The van der Waals surface area contributed by atoms with Crippen LogP contribution < -0.4 is 4.90 Å². The predicted molar refractivity (Wildman–Crippen MR) is 152 cm³/mol. The number of fused-ring (bicyclic) bond motifs is 1. The normalized spacial score (nSPS) is 19.2. The summed E-state index contributed by atoms with van der Waals surface area (Å²) in [6.45, 7) is 7.81. The number of thiazole rings is 1.